The Hall–Kier alpha value is -2.60. The van der Waals surface area contributed by atoms with E-state index in [-0.39, 0.29) is 11.7 Å². The maximum Gasteiger partial charge on any atom is 0.219 e. The van der Waals surface area contributed by atoms with Gasteiger partial charge in [-0.25, -0.2) is 4.39 Å². The van der Waals surface area contributed by atoms with Gasteiger partial charge in [0, 0.05) is 64.1 Å². The van der Waals surface area contributed by atoms with Gasteiger partial charge in [-0.3, -0.25) is 4.79 Å². The van der Waals surface area contributed by atoms with Crippen molar-refractivity contribution in [2.75, 3.05) is 56.1 Å². The minimum atomic E-state index is -0.192. The van der Waals surface area contributed by atoms with E-state index in [0.29, 0.717) is 5.69 Å². The van der Waals surface area contributed by atoms with E-state index in [1.165, 1.54) is 17.3 Å². The van der Waals surface area contributed by atoms with E-state index in [2.05, 4.69) is 39.9 Å². The Balaban J connectivity index is 1.63. The molecule has 1 saturated heterocycles. The fourth-order valence-electron chi connectivity index (χ4n) is 4.12. The highest BCUT2D eigenvalue weighted by Crippen LogP contribution is 2.35. The summed E-state index contributed by atoms with van der Waals surface area (Å²) in [5, 5.41) is 0. The van der Waals surface area contributed by atoms with E-state index >= 15 is 0 Å². The van der Waals surface area contributed by atoms with Crippen molar-refractivity contribution < 1.29 is 9.18 Å². The summed E-state index contributed by atoms with van der Waals surface area (Å²) in [6.07, 6.45) is 0. The first-order valence-electron chi connectivity index (χ1n) is 9.87. The molecule has 6 heteroatoms. The van der Waals surface area contributed by atoms with Gasteiger partial charge in [0.15, 0.2) is 0 Å². The van der Waals surface area contributed by atoms with Crippen molar-refractivity contribution >= 4 is 23.0 Å². The van der Waals surface area contributed by atoms with Crippen LogP contribution in [0, 0.1) is 5.82 Å². The Morgan fingerprint density at radius 2 is 1.68 bits per heavy atom. The van der Waals surface area contributed by atoms with Gasteiger partial charge in [-0.15, -0.1) is 0 Å². The zero-order valence-corrected chi connectivity index (χ0v) is 16.6. The number of halogens is 1. The van der Waals surface area contributed by atoms with Gasteiger partial charge in [0.1, 0.15) is 5.82 Å². The molecule has 0 aliphatic carbocycles. The van der Waals surface area contributed by atoms with E-state index < -0.39 is 0 Å². The summed E-state index contributed by atoms with van der Waals surface area (Å²) in [4.78, 5) is 20.2. The number of nitrogens with zero attached hydrogens (tertiary/aromatic N) is 4. The molecule has 5 nitrogen and oxygen atoms in total. The van der Waals surface area contributed by atoms with Gasteiger partial charge < -0.3 is 19.6 Å². The summed E-state index contributed by atoms with van der Waals surface area (Å²) in [7, 11) is 2.10. The third-order valence-corrected chi connectivity index (χ3v) is 5.73. The third kappa shape index (κ3) is 3.69. The molecule has 2 aliphatic heterocycles. The van der Waals surface area contributed by atoms with Gasteiger partial charge in [-0.1, -0.05) is 12.1 Å². The van der Waals surface area contributed by atoms with Crippen LogP contribution in [0.1, 0.15) is 12.5 Å². The normalized spacial score (nSPS) is 18.0. The Morgan fingerprint density at radius 1 is 0.929 bits per heavy atom. The average Bonchev–Trinajstić information content (AvgIpc) is 2.86. The van der Waals surface area contributed by atoms with Crippen LogP contribution in [0.4, 0.5) is 21.5 Å². The fraction of sp³-hybridized carbons (Fsp3) is 0.409. The first-order chi connectivity index (χ1) is 13.5. The van der Waals surface area contributed by atoms with Gasteiger partial charge in [0.2, 0.25) is 5.91 Å². The van der Waals surface area contributed by atoms with Crippen LogP contribution in [0.2, 0.25) is 0 Å². The van der Waals surface area contributed by atoms with E-state index in [1.54, 1.807) is 13.0 Å². The molecule has 0 spiro atoms. The largest absolute Gasteiger partial charge is 0.368 e. The van der Waals surface area contributed by atoms with Crippen molar-refractivity contribution in [3.8, 4) is 0 Å². The Bertz CT molecular complexity index is 863. The lowest BCUT2D eigenvalue weighted by Crippen LogP contribution is -2.48. The van der Waals surface area contributed by atoms with E-state index in [0.717, 1.165) is 51.5 Å². The van der Waals surface area contributed by atoms with Crippen LogP contribution in [-0.4, -0.2) is 62.0 Å². The summed E-state index contributed by atoms with van der Waals surface area (Å²) in [5.74, 6) is -0.0498. The highest BCUT2D eigenvalue weighted by molar-refractivity contribution is 5.74. The number of fused-ring (bicyclic) bond motifs is 1. The molecule has 0 bridgehead atoms. The number of carbonyl (C=O) groups excluding carboxylic acids is 1. The molecule has 2 heterocycles. The van der Waals surface area contributed by atoms with E-state index in [9.17, 15) is 9.18 Å². The summed E-state index contributed by atoms with van der Waals surface area (Å²) < 4.78 is 14.5. The van der Waals surface area contributed by atoms with Crippen molar-refractivity contribution in [3.63, 3.8) is 0 Å². The van der Waals surface area contributed by atoms with Crippen molar-refractivity contribution in [3.05, 3.63) is 53.8 Å². The maximum absolute atomic E-state index is 14.5. The predicted octanol–water partition coefficient (Wildman–Crippen LogP) is 3.08. The van der Waals surface area contributed by atoms with Gasteiger partial charge in [-0.2, -0.15) is 0 Å². The Morgan fingerprint density at radius 3 is 2.39 bits per heavy atom. The second kappa shape index (κ2) is 7.80. The number of piperazine rings is 1. The van der Waals surface area contributed by atoms with Crippen LogP contribution in [-0.2, 0) is 11.3 Å². The lowest BCUT2D eigenvalue weighted by Gasteiger charge is -2.36. The molecule has 28 heavy (non-hydrogen) atoms. The molecule has 0 saturated carbocycles. The second-order valence-electron chi connectivity index (χ2n) is 7.65. The van der Waals surface area contributed by atoms with Gasteiger partial charge in [-0.05, 0) is 42.9 Å². The number of carbonyl (C=O) groups is 1. The molecular formula is C22H27FN4O. The smallest absolute Gasteiger partial charge is 0.219 e. The highest BCUT2D eigenvalue weighted by atomic mass is 19.1. The first-order valence-corrected chi connectivity index (χ1v) is 9.87. The molecule has 0 atom stereocenters. The van der Waals surface area contributed by atoms with Crippen LogP contribution < -0.4 is 9.80 Å². The second-order valence-corrected chi connectivity index (χ2v) is 7.65. The van der Waals surface area contributed by atoms with Crippen molar-refractivity contribution in [2.45, 2.75) is 13.5 Å². The molecule has 1 fully saturated rings. The summed E-state index contributed by atoms with van der Waals surface area (Å²) >= 11 is 0. The number of benzene rings is 2. The van der Waals surface area contributed by atoms with Crippen LogP contribution in [0.5, 0.6) is 0 Å². The molecule has 2 aliphatic rings. The van der Waals surface area contributed by atoms with Gasteiger partial charge in [0.05, 0.1) is 5.69 Å². The Labute approximate surface area is 165 Å². The Kier molecular flexibility index (Phi) is 5.22. The number of likely N-dealkylation sites (N-methyl/N-ethyl adjacent to an activating group) is 1. The first kappa shape index (κ1) is 18.7. The summed E-state index contributed by atoms with van der Waals surface area (Å²) in [6, 6.07) is 13.5. The van der Waals surface area contributed by atoms with E-state index in [4.69, 9.17) is 0 Å². The standard InChI is InChI=1S/C22H27FN4O/c1-17(28)25-10-12-26(13-11-25)19-7-8-21-18(15-19)16-24(2)9-14-27(21)22-6-4-3-5-20(22)23/h3-8,15H,9-14,16H2,1-2H3. The minimum Gasteiger partial charge on any atom is -0.368 e. The zero-order valence-electron chi connectivity index (χ0n) is 16.6. The van der Waals surface area contributed by atoms with Crippen molar-refractivity contribution in [2.24, 2.45) is 0 Å². The zero-order chi connectivity index (χ0) is 19.7. The predicted molar refractivity (Wildman–Crippen MR) is 111 cm³/mol. The molecule has 0 aromatic heterocycles. The average molecular weight is 382 g/mol. The SMILES string of the molecule is CC(=O)N1CCN(c2ccc3c(c2)CN(C)CCN3c2ccccc2F)CC1. The number of hydrogen-bond acceptors (Lipinski definition) is 4. The molecule has 4 rings (SSSR count). The number of amides is 1. The molecule has 0 N–H and O–H groups in total. The fourth-order valence-corrected chi connectivity index (χ4v) is 4.12. The summed E-state index contributed by atoms with van der Waals surface area (Å²) in [6.45, 7) is 7.28. The number of rotatable bonds is 2. The lowest BCUT2D eigenvalue weighted by atomic mass is 10.1. The number of para-hydroxylation sites is 1. The molecule has 2 aromatic rings. The lowest BCUT2D eigenvalue weighted by molar-refractivity contribution is -0.129. The van der Waals surface area contributed by atoms with Crippen LogP contribution in [0.25, 0.3) is 0 Å². The van der Waals surface area contributed by atoms with E-state index in [1.807, 2.05) is 17.0 Å². The molecule has 0 unspecified atom stereocenters. The van der Waals surface area contributed by atoms with Gasteiger partial charge in [0.25, 0.3) is 0 Å². The summed E-state index contributed by atoms with van der Waals surface area (Å²) in [5.41, 5.74) is 4.07. The molecular weight excluding hydrogens is 355 g/mol. The van der Waals surface area contributed by atoms with Gasteiger partial charge >= 0.3 is 0 Å². The van der Waals surface area contributed by atoms with Crippen molar-refractivity contribution in [1.29, 1.82) is 0 Å². The topological polar surface area (TPSA) is 30.0 Å². The van der Waals surface area contributed by atoms with Crippen LogP contribution in [0.3, 0.4) is 0 Å². The highest BCUT2D eigenvalue weighted by Gasteiger charge is 2.24. The minimum absolute atomic E-state index is 0.142. The molecule has 2 aromatic carbocycles. The quantitative estimate of drug-likeness (QED) is 0.799. The van der Waals surface area contributed by atoms with Crippen LogP contribution >= 0.6 is 0 Å². The monoisotopic (exact) mass is 382 g/mol. The third-order valence-electron chi connectivity index (χ3n) is 5.73. The molecule has 1 amide bonds. The maximum atomic E-state index is 14.5. The van der Waals surface area contributed by atoms with Crippen LogP contribution in [0.15, 0.2) is 42.5 Å². The molecule has 0 radical (unpaired) electrons. The number of hydrogen-bond donors (Lipinski definition) is 0. The molecule has 148 valence electrons. The van der Waals surface area contributed by atoms with Crippen molar-refractivity contribution in [1.82, 2.24) is 9.80 Å². The number of anilines is 3.